The predicted molar refractivity (Wildman–Crippen MR) is 351 cm³/mol. The van der Waals surface area contributed by atoms with Crippen LogP contribution in [-0.4, -0.2) is 188 Å². The average Bonchev–Trinajstić information content (AvgIpc) is 1.36. The van der Waals surface area contributed by atoms with Crippen molar-refractivity contribution in [2.24, 2.45) is 14.1 Å². The van der Waals surface area contributed by atoms with Crippen molar-refractivity contribution in [1.82, 2.24) is 49.2 Å². The number of halogens is 1. The number of anilines is 2. The number of rotatable bonds is 19. The molecule has 502 valence electrons. The first kappa shape index (κ1) is 73.0. The first-order chi connectivity index (χ1) is 44.1. The fourth-order valence-electron chi connectivity index (χ4n) is 8.18. The van der Waals surface area contributed by atoms with Crippen LogP contribution >= 0.6 is 11.6 Å². The second kappa shape index (κ2) is 35.1. The lowest BCUT2D eigenvalue weighted by Gasteiger charge is -2.30. The average molecular weight is 1310 g/mol. The number of nitrogens with one attached hydrogen (secondary N) is 1. The van der Waals surface area contributed by atoms with E-state index in [-0.39, 0.29) is 64.0 Å². The van der Waals surface area contributed by atoms with Gasteiger partial charge in [-0.3, -0.25) is 23.7 Å². The predicted octanol–water partition coefficient (Wildman–Crippen LogP) is 9.99. The van der Waals surface area contributed by atoms with Crippen molar-refractivity contribution in [3.8, 4) is 46.5 Å². The third kappa shape index (κ3) is 25.9. The fourth-order valence-corrected chi connectivity index (χ4v) is 8.33. The van der Waals surface area contributed by atoms with Crippen LogP contribution in [0.15, 0.2) is 109 Å². The largest absolute Gasteiger partial charge is 0.488 e. The van der Waals surface area contributed by atoms with Crippen LogP contribution in [-0.2, 0) is 28.3 Å². The molecule has 93 heavy (non-hydrogen) atoms. The smallest absolute Gasteiger partial charge is 0.335 e. The van der Waals surface area contributed by atoms with Crippen LogP contribution in [0.2, 0.25) is 5.28 Å². The summed E-state index contributed by atoms with van der Waals surface area (Å²) in [5.41, 5.74) is 6.29. The summed E-state index contributed by atoms with van der Waals surface area (Å²) in [7, 11) is 8.59. The van der Waals surface area contributed by atoms with Gasteiger partial charge in [0.1, 0.15) is 52.5 Å². The van der Waals surface area contributed by atoms with Crippen molar-refractivity contribution in [1.29, 1.82) is 0 Å². The fraction of sp³-hybridized carbons (Fsp3) is 0.439. The lowest BCUT2D eigenvalue weighted by atomic mass is 10.1. The number of carboxylic acids is 1. The maximum Gasteiger partial charge on any atom is 0.335 e. The van der Waals surface area contributed by atoms with Gasteiger partial charge < -0.3 is 73.5 Å². The maximum absolute atomic E-state index is 13.0. The van der Waals surface area contributed by atoms with Gasteiger partial charge in [-0.15, -0.1) is 4.98 Å². The summed E-state index contributed by atoms with van der Waals surface area (Å²) in [6.07, 6.45) is 5.10. The minimum absolute atomic E-state index is 0.00724. The molecule has 0 spiro atoms. The number of morpholine rings is 1. The van der Waals surface area contributed by atoms with Gasteiger partial charge in [-0.1, -0.05) is 0 Å². The summed E-state index contributed by atoms with van der Waals surface area (Å²) in [5.74, 6) is 2.26. The highest BCUT2D eigenvalue weighted by Gasteiger charge is 2.24. The molecule has 27 heteroatoms. The summed E-state index contributed by atoms with van der Waals surface area (Å²) >= 11 is 5.49. The Balaban J connectivity index is 0.000000216. The van der Waals surface area contributed by atoms with Crippen molar-refractivity contribution < 1.29 is 66.9 Å². The van der Waals surface area contributed by atoms with Gasteiger partial charge in [0.15, 0.2) is 5.82 Å². The van der Waals surface area contributed by atoms with Crippen LogP contribution in [0.5, 0.6) is 46.5 Å². The van der Waals surface area contributed by atoms with Gasteiger partial charge in [0, 0.05) is 101 Å². The Labute approximate surface area is 548 Å². The van der Waals surface area contributed by atoms with Crippen molar-refractivity contribution in [2.45, 2.75) is 91.6 Å². The zero-order valence-corrected chi connectivity index (χ0v) is 56.0. The van der Waals surface area contributed by atoms with Crippen LogP contribution in [0.1, 0.15) is 110 Å². The molecule has 3 aliphatic rings. The number of aromatic carboxylic acids is 1. The number of aromatic nitrogens is 7. The number of methoxy groups -OCH3 is 2. The zero-order chi connectivity index (χ0) is 67.8. The minimum Gasteiger partial charge on any atom is -0.488 e. The Morgan fingerprint density at radius 1 is 0.581 bits per heavy atom. The summed E-state index contributed by atoms with van der Waals surface area (Å²) < 4.78 is 53.2. The van der Waals surface area contributed by atoms with Crippen molar-refractivity contribution in [3.63, 3.8) is 0 Å². The molecule has 10 rings (SSSR count). The molecule has 0 unspecified atom stereocenters. The molecule has 3 saturated heterocycles. The van der Waals surface area contributed by atoms with Gasteiger partial charge in [-0.25, -0.2) is 4.79 Å². The van der Waals surface area contributed by atoms with E-state index in [9.17, 15) is 24.3 Å². The van der Waals surface area contributed by atoms with E-state index in [1.165, 1.54) is 26.4 Å². The van der Waals surface area contributed by atoms with Crippen LogP contribution in [0.4, 0.5) is 11.6 Å². The summed E-state index contributed by atoms with van der Waals surface area (Å²) in [6.45, 7) is 23.5. The van der Waals surface area contributed by atoms with Gasteiger partial charge in [0.2, 0.25) is 5.28 Å². The van der Waals surface area contributed by atoms with E-state index in [2.05, 4.69) is 42.4 Å². The topological polar surface area (TPSA) is 294 Å². The van der Waals surface area contributed by atoms with E-state index in [0.717, 1.165) is 65.3 Å². The monoisotopic (exact) mass is 1310 g/mol. The second-order valence-corrected chi connectivity index (χ2v) is 24.0. The zero-order valence-electron chi connectivity index (χ0n) is 55.2. The number of carbonyl (C=O) groups is 4. The van der Waals surface area contributed by atoms with E-state index in [0.29, 0.717) is 76.0 Å². The number of likely N-dealkylation sites (N-methyl/N-ethyl adjacent to an activating group) is 1. The summed E-state index contributed by atoms with van der Waals surface area (Å²) in [5, 5.41) is 20.3. The molecule has 0 radical (unpaired) electrons. The summed E-state index contributed by atoms with van der Waals surface area (Å²) in [6, 6.07) is 27.1. The molecule has 6 heterocycles. The van der Waals surface area contributed by atoms with E-state index in [1.54, 1.807) is 119 Å². The molecule has 3 aromatic heterocycles. The lowest BCUT2D eigenvalue weighted by molar-refractivity contribution is -0.0375. The molecule has 4 N–H and O–H groups in total. The molecule has 0 bridgehead atoms. The normalized spacial score (nSPS) is 14.1. The van der Waals surface area contributed by atoms with Crippen molar-refractivity contribution in [3.05, 3.63) is 137 Å². The molecule has 0 saturated carbocycles. The SMILES string of the molecule is CN1CCOCC1.COc1nc(Cl)nc(OC)n1.C[C@@H](COC(C)(C)C)Oc1cc(Oc2ccc(C(=O)N3CCC3)cc2)cc(C(=O)Nc2ccn(C)n2)c1.C[C@@H](COC(C)(C)C)Oc1cc(Oc2ccc(C(=O)N3CCC3)cc2)cc(C(=O)O)c1.Cn1ccc(N)n1. The first-order valence-corrected chi connectivity index (χ1v) is 30.6. The van der Waals surface area contributed by atoms with E-state index >= 15 is 0 Å². The minimum atomic E-state index is -1.08. The van der Waals surface area contributed by atoms with Gasteiger partial charge >= 0.3 is 18.0 Å². The number of hydrogen-bond acceptors (Lipinski definition) is 20. The number of hydrogen-bond donors (Lipinski definition) is 3. The number of amides is 3. The molecule has 0 aliphatic carbocycles. The maximum atomic E-state index is 13.0. The lowest BCUT2D eigenvalue weighted by Crippen LogP contribution is -2.41. The van der Waals surface area contributed by atoms with Crippen LogP contribution in [0, 0.1) is 0 Å². The third-order valence-corrected chi connectivity index (χ3v) is 13.4. The van der Waals surface area contributed by atoms with Gasteiger partial charge in [0.05, 0.1) is 57.4 Å². The highest BCUT2D eigenvalue weighted by atomic mass is 35.5. The number of aryl methyl sites for hydroxylation is 2. The van der Waals surface area contributed by atoms with Crippen molar-refractivity contribution in [2.75, 3.05) is 98.0 Å². The molecule has 3 fully saturated rings. The number of likely N-dealkylation sites (tertiary alicyclic amines) is 2. The van der Waals surface area contributed by atoms with Gasteiger partial charge in [-0.05, 0) is 166 Å². The highest BCUT2D eigenvalue weighted by molar-refractivity contribution is 6.28. The number of ether oxygens (including phenoxy) is 9. The highest BCUT2D eigenvalue weighted by Crippen LogP contribution is 2.32. The number of nitrogens with two attached hydrogens (primary N) is 1. The van der Waals surface area contributed by atoms with Gasteiger partial charge in [0.25, 0.3) is 17.7 Å². The molecule has 2 atom stereocenters. The Kier molecular flexibility index (Phi) is 27.5. The second-order valence-electron chi connectivity index (χ2n) is 23.7. The van der Waals surface area contributed by atoms with Crippen molar-refractivity contribution >= 4 is 46.9 Å². The molecular weight excluding hydrogens is 1220 g/mol. The Bertz CT molecular complexity index is 3470. The Hall–Kier alpha value is -9.08. The number of carboxylic acid groups (broad SMARTS) is 1. The summed E-state index contributed by atoms with van der Waals surface area (Å²) in [4.78, 5) is 66.1. The third-order valence-electron chi connectivity index (χ3n) is 13.3. The number of nitrogen functional groups attached to an aromatic ring is 1. The molecular formula is C66H87ClN12O14. The van der Waals surface area contributed by atoms with Crippen LogP contribution in [0.3, 0.4) is 0 Å². The molecule has 3 aliphatic heterocycles. The van der Waals surface area contributed by atoms with E-state index < -0.39 is 5.97 Å². The number of carbonyl (C=O) groups excluding carboxylic acids is 3. The number of nitrogens with zero attached hydrogens (tertiary/aromatic N) is 10. The first-order valence-electron chi connectivity index (χ1n) is 30.2. The van der Waals surface area contributed by atoms with Gasteiger partial charge in [-0.2, -0.15) is 20.2 Å². The van der Waals surface area contributed by atoms with Crippen LogP contribution < -0.4 is 39.5 Å². The Morgan fingerprint density at radius 2 is 1.01 bits per heavy atom. The Morgan fingerprint density at radius 3 is 1.35 bits per heavy atom. The quantitative estimate of drug-likeness (QED) is 0.0678. The molecule has 26 nitrogen and oxygen atoms in total. The molecule has 7 aromatic rings. The van der Waals surface area contributed by atoms with E-state index in [4.69, 9.17) is 60.0 Å². The molecule has 3 amide bonds. The van der Waals surface area contributed by atoms with E-state index in [1.807, 2.05) is 67.3 Å². The van der Waals surface area contributed by atoms with Crippen LogP contribution in [0.25, 0.3) is 0 Å². The molecule has 4 aromatic carbocycles. The number of benzene rings is 4. The standard InChI is InChI=1S/C28H34N4O5.C24H29NO6.C5H6ClN3O2.C5H11NO.C4H7N3/c1-19(18-35-28(2,3)4)36-23-15-21(26(33)29-25-11-14-31(5)30-25)16-24(17-23)37-22-9-7-20(8-10-22)27(34)32-12-6-13-32;1-16(15-29-24(2,3)4)30-20-12-18(23(27)28)13-21(14-20)31-19-8-6-17(7-9-19)22(26)25-10-5-11-25;1-10-4-7-3(6)8-5(9-4)11-2;1-6-2-4-7-5-3-6;1-7-3-2-4(5)6-7/h7-11,14-17,19H,6,12-13,18H2,1-5H3,(H,29,30,33);6-9,12-14,16H,5,10-11,15H2,1-4H3,(H,27,28);1-2H3;2-5H2,1H3;2-3H,1H3,(H2,5,6)/t19-;16-;;;/m00.../s1.